The maximum atomic E-state index is 4.81. The highest BCUT2D eigenvalue weighted by Gasteiger charge is 2.08. The van der Waals surface area contributed by atoms with Gasteiger partial charge in [-0.05, 0) is 30.2 Å². The molecule has 0 saturated heterocycles. The van der Waals surface area contributed by atoms with Crippen molar-refractivity contribution < 1.29 is 0 Å². The highest BCUT2D eigenvalue weighted by Crippen LogP contribution is 2.25. The van der Waals surface area contributed by atoms with Crippen molar-refractivity contribution in [1.29, 1.82) is 0 Å². The molecule has 0 aliphatic heterocycles. The molecule has 2 rings (SSSR count). The zero-order valence-electron chi connectivity index (χ0n) is 13.4. The second-order valence-corrected chi connectivity index (χ2v) is 6.67. The molecule has 0 spiro atoms. The lowest BCUT2D eigenvalue weighted by Gasteiger charge is -2.13. The van der Waals surface area contributed by atoms with Crippen LogP contribution in [-0.4, -0.2) is 17.3 Å². The van der Waals surface area contributed by atoms with E-state index in [-0.39, 0.29) is 0 Å². The van der Waals surface area contributed by atoms with Gasteiger partial charge in [-0.3, -0.25) is 0 Å². The minimum absolute atomic E-state index is 0.787. The molecule has 1 N–H and O–H groups in total. The first-order valence-electron chi connectivity index (χ1n) is 7.94. The quantitative estimate of drug-likeness (QED) is 0.713. The Labute approximate surface area is 132 Å². The summed E-state index contributed by atoms with van der Waals surface area (Å²) < 4.78 is 0. The van der Waals surface area contributed by atoms with E-state index in [1.807, 2.05) is 11.8 Å². The number of hydrogen-bond donors (Lipinski definition) is 1. The Morgan fingerprint density at radius 2 is 2.05 bits per heavy atom. The van der Waals surface area contributed by atoms with Crippen LogP contribution >= 0.6 is 11.8 Å². The van der Waals surface area contributed by atoms with Crippen molar-refractivity contribution in [2.24, 2.45) is 5.92 Å². The molecule has 1 aromatic heterocycles. The first kappa shape index (κ1) is 16.2. The topological polar surface area (TPSA) is 24.9 Å². The van der Waals surface area contributed by atoms with Gasteiger partial charge in [-0.1, -0.05) is 45.4 Å². The van der Waals surface area contributed by atoms with E-state index in [9.17, 15) is 0 Å². The van der Waals surface area contributed by atoms with E-state index in [4.69, 9.17) is 4.98 Å². The molecule has 3 heteroatoms. The van der Waals surface area contributed by atoms with E-state index in [1.165, 1.54) is 23.1 Å². The summed E-state index contributed by atoms with van der Waals surface area (Å²) in [6.45, 7) is 7.75. The Kier molecular flexibility index (Phi) is 6.37. The van der Waals surface area contributed by atoms with Crippen molar-refractivity contribution in [1.82, 2.24) is 4.98 Å². The van der Waals surface area contributed by atoms with Gasteiger partial charge in [-0.2, -0.15) is 11.8 Å². The summed E-state index contributed by atoms with van der Waals surface area (Å²) in [7, 11) is 0. The number of fused-ring (bicyclic) bond motifs is 1. The molecule has 0 saturated carbocycles. The molecular weight excluding hydrogens is 276 g/mol. The van der Waals surface area contributed by atoms with Crippen molar-refractivity contribution in [3.8, 4) is 0 Å². The summed E-state index contributed by atoms with van der Waals surface area (Å²) >= 11 is 2.02. The number of para-hydroxylation sites is 1. The molecule has 1 atom stereocenters. The van der Waals surface area contributed by atoms with Gasteiger partial charge in [0.05, 0.1) is 5.52 Å². The van der Waals surface area contributed by atoms with Gasteiger partial charge < -0.3 is 5.32 Å². The molecule has 2 aromatic rings. The molecule has 1 aromatic carbocycles. The number of benzene rings is 1. The predicted octanol–water partition coefficient (Wildman–Crippen LogP) is 5.34. The van der Waals surface area contributed by atoms with Crippen LogP contribution in [0.2, 0.25) is 0 Å². The minimum Gasteiger partial charge on any atom is -0.370 e. The molecule has 0 amide bonds. The number of anilines is 1. The molecule has 114 valence electrons. The predicted molar refractivity (Wildman–Crippen MR) is 96.1 cm³/mol. The van der Waals surface area contributed by atoms with E-state index in [2.05, 4.69) is 56.4 Å². The molecular formula is C18H26N2S. The third kappa shape index (κ3) is 4.63. The van der Waals surface area contributed by atoms with Crippen molar-refractivity contribution >= 4 is 28.5 Å². The van der Waals surface area contributed by atoms with Gasteiger partial charge in [0.15, 0.2) is 0 Å². The van der Waals surface area contributed by atoms with Crippen molar-refractivity contribution in [3.63, 3.8) is 0 Å². The Morgan fingerprint density at radius 3 is 2.81 bits per heavy atom. The Hall–Kier alpha value is -1.22. The highest BCUT2D eigenvalue weighted by molar-refractivity contribution is 7.98. The summed E-state index contributed by atoms with van der Waals surface area (Å²) in [5, 5.41) is 4.72. The Morgan fingerprint density at radius 1 is 1.24 bits per heavy atom. The number of pyridine rings is 1. The van der Waals surface area contributed by atoms with Crippen LogP contribution in [0.25, 0.3) is 10.9 Å². The van der Waals surface area contributed by atoms with Crippen LogP contribution < -0.4 is 5.32 Å². The maximum Gasteiger partial charge on any atom is 0.130 e. The number of rotatable bonds is 8. The first-order valence-corrected chi connectivity index (χ1v) is 9.10. The average Bonchev–Trinajstić information content (AvgIpc) is 2.52. The molecule has 21 heavy (non-hydrogen) atoms. The van der Waals surface area contributed by atoms with E-state index in [0.717, 1.165) is 36.0 Å². The lowest BCUT2D eigenvalue weighted by molar-refractivity contribution is 0.637. The molecule has 2 nitrogen and oxygen atoms in total. The number of thioether (sulfide) groups is 1. The second-order valence-electron chi connectivity index (χ2n) is 5.64. The maximum absolute atomic E-state index is 4.81. The van der Waals surface area contributed by atoms with Gasteiger partial charge in [-0.25, -0.2) is 4.98 Å². The van der Waals surface area contributed by atoms with E-state index in [1.54, 1.807) is 0 Å². The van der Waals surface area contributed by atoms with Gasteiger partial charge in [0, 0.05) is 23.2 Å². The summed E-state index contributed by atoms with van der Waals surface area (Å²) in [6, 6.07) is 10.7. The molecule has 1 heterocycles. The third-order valence-electron chi connectivity index (χ3n) is 3.70. The van der Waals surface area contributed by atoms with E-state index < -0.39 is 0 Å². The van der Waals surface area contributed by atoms with E-state index in [0.29, 0.717) is 0 Å². The standard InChI is InChI=1S/C18H26N2S/c1-4-10-19-18-16(13-21-12-14(3)5-2)11-15-8-6-7-9-17(15)20-18/h6-9,11,14H,4-5,10,12-13H2,1-3H3,(H,19,20). The molecule has 0 fully saturated rings. The summed E-state index contributed by atoms with van der Waals surface area (Å²) in [4.78, 5) is 4.81. The van der Waals surface area contributed by atoms with Gasteiger partial charge >= 0.3 is 0 Å². The second kappa shape index (κ2) is 8.28. The monoisotopic (exact) mass is 302 g/mol. The normalized spacial score (nSPS) is 12.5. The van der Waals surface area contributed by atoms with Crippen LogP contribution in [0.15, 0.2) is 30.3 Å². The summed E-state index contributed by atoms with van der Waals surface area (Å²) in [5.41, 5.74) is 2.40. The lowest BCUT2D eigenvalue weighted by Crippen LogP contribution is -2.06. The molecule has 0 aliphatic carbocycles. The number of hydrogen-bond acceptors (Lipinski definition) is 3. The number of nitrogens with one attached hydrogen (secondary N) is 1. The van der Waals surface area contributed by atoms with Crippen LogP contribution in [0.5, 0.6) is 0 Å². The molecule has 0 bridgehead atoms. The third-order valence-corrected chi connectivity index (χ3v) is 5.02. The summed E-state index contributed by atoms with van der Waals surface area (Å²) in [6.07, 6.45) is 2.37. The molecule has 1 unspecified atom stereocenters. The van der Waals surface area contributed by atoms with Crippen molar-refractivity contribution in [2.75, 3.05) is 17.6 Å². The highest BCUT2D eigenvalue weighted by atomic mass is 32.2. The smallest absolute Gasteiger partial charge is 0.130 e. The average molecular weight is 302 g/mol. The first-order chi connectivity index (χ1) is 10.2. The molecule has 0 aliphatic rings. The fourth-order valence-corrected chi connectivity index (χ4v) is 3.35. The summed E-state index contributed by atoms with van der Waals surface area (Å²) in [5.74, 6) is 4.10. The minimum atomic E-state index is 0.787. The van der Waals surface area contributed by atoms with Crippen LogP contribution in [0, 0.1) is 5.92 Å². The van der Waals surface area contributed by atoms with Gasteiger partial charge in [-0.15, -0.1) is 0 Å². The Balaban J connectivity index is 2.17. The fraction of sp³-hybridized carbons (Fsp3) is 0.500. The van der Waals surface area contributed by atoms with Gasteiger partial charge in [0.2, 0.25) is 0 Å². The number of nitrogens with zero attached hydrogens (tertiary/aromatic N) is 1. The van der Waals surface area contributed by atoms with Crippen molar-refractivity contribution in [2.45, 2.75) is 39.4 Å². The molecule has 0 radical (unpaired) electrons. The zero-order chi connectivity index (χ0) is 15.1. The van der Waals surface area contributed by atoms with Crippen LogP contribution in [0.4, 0.5) is 5.82 Å². The Bertz CT molecular complexity index is 568. The van der Waals surface area contributed by atoms with Gasteiger partial charge in [0.1, 0.15) is 5.82 Å². The van der Waals surface area contributed by atoms with Crippen molar-refractivity contribution in [3.05, 3.63) is 35.9 Å². The zero-order valence-corrected chi connectivity index (χ0v) is 14.2. The van der Waals surface area contributed by atoms with Crippen LogP contribution in [-0.2, 0) is 5.75 Å². The SMILES string of the molecule is CCCNc1nc2ccccc2cc1CSCC(C)CC. The van der Waals surface area contributed by atoms with Gasteiger partial charge in [0.25, 0.3) is 0 Å². The largest absolute Gasteiger partial charge is 0.370 e. The van der Waals surface area contributed by atoms with E-state index >= 15 is 0 Å². The van der Waals surface area contributed by atoms with Crippen LogP contribution in [0.1, 0.15) is 39.2 Å². The fourth-order valence-electron chi connectivity index (χ4n) is 2.15. The lowest BCUT2D eigenvalue weighted by atomic mass is 10.1. The van der Waals surface area contributed by atoms with Crippen LogP contribution in [0.3, 0.4) is 0 Å². The number of aromatic nitrogens is 1.